The van der Waals surface area contributed by atoms with Crippen molar-refractivity contribution in [2.45, 2.75) is 6.36 Å². The number of rotatable bonds is 3. The van der Waals surface area contributed by atoms with Crippen molar-refractivity contribution in [3.63, 3.8) is 0 Å². The minimum atomic E-state index is -4.71. The molecular weight excluding hydrogens is 367 g/mol. The summed E-state index contributed by atoms with van der Waals surface area (Å²) in [5.41, 5.74) is 2.56. The van der Waals surface area contributed by atoms with E-state index in [1.165, 1.54) is 12.1 Å². The molecule has 1 heterocycles. The van der Waals surface area contributed by atoms with Gasteiger partial charge in [0.25, 0.3) is 5.52 Å². The average Bonchev–Trinajstić information content (AvgIpc) is 2.66. The largest absolute Gasteiger partial charge is 0.573 e. The van der Waals surface area contributed by atoms with Gasteiger partial charge in [0.1, 0.15) is 12.8 Å². The molecule has 0 atom stereocenters. The summed E-state index contributed by atoms with van der Waals surface area (Å²) in [6, 6.07) is 17.8. The first-order valence-electron chi connectivity index (χ1n) is 8.61. The van der Waals surface area contributed by atoms with Gasteiger partial charge in [0.15, 0.2) is 11.9 Å². The molecule has 3 nitrogen and oxygen atoms in total. The maximum absolute atomic E-state index is 12.4. The molecule has 3 aromatic carbocycles. The predicted molar refractivity (Wildman–Crippen MR) is 101 cm³/mol. The minimum absolute atomic E-state index is 0.249. The van der Waals surface area contributed by atoms with Gasteiger partial charge in [-0.3, -0.25) is 0 Å². The number of hydrogen-bond donors (Lipinski definition) is 0. The fourth-order valence-electron chi connectivity index (χ4n) is 3.48. The maximum Gasteiger partial charge on any atom is 0.573 e. The first kappa shape index (κ1) is 18.1. The third-order valence-electron chi connectivity index (χ3n) is 4.65. The Morgan fingerprint density at radius 2 is 1.57 bits per heavy atom. The summed E-state index contributed by atoms with van der Waals surface area (Å²) >= 11 is 0. The fraction of sp³-hybridized carbons (Fsp3) is 0.136. The number of methoxy groups -OCH3 is 1. The summed E-state index contributed by atoms with van der Waals surface area (Å²) in [5.74, 6) is 0.442. The number of hydrogen-bond acceptors (Lipinski definition) is 2. The normalized spacial score (nSPS) is 11.8. The fourth-order valence-corrected chi connectivity index (χ4v) is 3.48. The van der Waals surface area contributed by atoms with Crippen LogP contribution in [0.25, 0.3) is 32.8 Å². The smallest absolute Gasteiger partial charge is 0.490 e. The van der Waals surface area contributed by atoms with Crippen molar-refractivity contribution >= 4 is 21.7 Å². The highest BCUT2D eigenvalue weighted by Gasteiger charge is 2.31. The Morgan fingerprint density at radius 3 is 2.25 bits per heavy atom. The average molecular weight is 384 g/mol. The molecule has 6 heteroatoms. The highest BCUT2D eigenvalue weighted by atomic mass is 19.4. The molecule has 4 aromatic rings. The number of nitrogens with zero attached hydrogens (tertiary/aromatic N) is 1. The molecule has 0 amide bonds. The van der Waals surface area contributed by atoms with Crippen LogP contribution in [-0.4, -0.2) is 13.5 Å². The van der Waals surface area contributed by atoms with Crippen LogP contribution in [-0.2, 0) is 7.05 Å². The molecular formula is C22H17F3NO2+. The highest BCUT2D eigenvalue weighted by Crippen LogP contribution is 2.35. The van der Waals surface area contributed by atoms with Crippen LogP contribution < -0.4 is 14.0 Å². The Kier molecular flexibility index (Phi) is 4.34. The summed E-state index contributed by atoms with van der Waals surface area (Å²) < 4.78 is 48.7. The van der Waals surface area contributed by atoms with E-state index in [0.29, 0.717) is 5.75 Å². The van der Waals surface area contributed by atoms with Gasteiger partial charge >= 0.3 is 6.36 Å². The van der Waals surface area contributed by atoms with Crippen LogP contribution in [0.1, 0.15) is 0 Å². The van der Waals surface area contributed by atoms with E-state index >= 15 is 0 Å². The van der Waals surface area contributed by atoms with Crippen LogP contribution >= 0.6 is 0 Å². The number of aryl methyl sites for hydroxylation is 1. The van der Waals surface area contributed by atoms with E-state index in [0.717, 1.165) is 32.8 Å². The van der Waals surface area contributed by atoms with Gasteiger partial charge in [-0.2, -0.15) is 4.57 Å². The quantitative estimate of drug-likeness (QED) is 0.349. The van der Waals surface area contributed by atoms with E-state index in [1.54, 1.807) is 19.2 Å². The van der Waals surface area contributed by atoms with Crippen molar-refractivity contribution in [1.82, 2.24) is 0 Å². The van der Waals surface area contributed by atoms with Crippen LogP contribution in [0.4, 0.5) is 13.2 Å². The van der Waals surface area contributed by atoms with Crippen LogP contribution in [0.5, 0.6) is 11.5 Å². The zero-order valence-corrected chi connectivity index (χ0v) is 15.2. The third kappa shape index (κ3) is 3.33. The van der Waals surface area contributed by atoms with Crippen molar-refractivity contribution in [1.29, 1.82) is 0 Å². The zero-order valence-electron chi connectivity index (χ0n) is 15.2. The lowest BCUT2D eigenvalue weighted by Crippen LogP contribution is -2.28. The van der Waals surface area contributed by atoms with Gasteiger partial charge in [0, 0.05) is 10.8 Å². The van der Waals surface area contributed by atoms with Gasteiger partial charge in [-0.1, -0.05) is 30.3 Å². The van der Waals surface area contributed by atoms with Crippen LogP contribution in [0.2, 0.25) is 0 Å². The molecule has 28 heavy (non-hydrogen) atoms. The van der Waals surface area contributed by atoms with E-state index in [2.05, 4.69) is 4.74 Å². The Balaban J connectivity index is 1.89. The van der Waals surface area contributed by atoms with E-state index in [1.807, 2.05) is 54.2 Å². The van der Waals surface area contributed by atoms with Crippen molar-refractivity contribution in [2.24, 2.45) is 7.05 Å². The number of alkyl halides is 3. The first-order chi connectivity index (χ1) is 13.4. The number of ether oxygens (including phenoxy) is 2. The lowest BCUT2D eigenvalue weighted by Gasteiger charge is -2.11. The molecule has 0 unspecified atom stereocenters. The maximum atomic E-state index is 12.4. The standard InChI is InChI=1S/C22H17F3NO2/c1-26-13-15-5-3-4-6-18(15)19-11-16(12-20(27-2)21(19)26)14-7-9-17(10-8-14)28-22(23,24)25/h3-13H,1-2H3/q+1. The Bertz CT molecular complexity index is 1170. The summed E-state index contributed by atoms with van der Waals surface area (Å²) in [7, 11) is 3.56. The Hall–Kier alpha value is -3.28. The Morgan fingerprint density at radius 1 is 0.857 bits per heavy atom. The number of benzene rings is 3. The first-order valence-corrected chi connectivity index (χ1v) is 8.61. The number of fused-ring (bicyclic) bond motifs is 3. The van der Waals surface area contributed by atoms with E-state index in [9.17, 15) is 13.2 Å². The van der Waals surface area contributed by atoms with E-state index < -0.39 is 6.36 Å². The van der Waals surface area contributed by atoms with Gasteiger partial charge in [0.05, 0.1) is 12.5 Å². The summed E-state index contributed by atoms with van der Waals surface area (Å²) in [6.07, 6.45) is -2.66. The number of aromatic nitrogens is 1. The molecule has 142 valence electrons. The van der Waals surface area contributed by atoms with E-state index in [-0.39, 0.29) is 5.75 Å². The summed E-state index contributed by atoms with van der Waals surface area (Å²) in [4.78, 5) is 0. The zero-order chi connectivity index (χ0) is 19.9. The van der Waals surface area contributed by atoms with Gasteiger partial charge in [-0.05, 0) is 41.5 Å². The molecule has 0 radical (unpaired) electrons. The summed E-state index contributed by atoms with van der Waals surface area (Å²) in [5, 5.41) is 3.17. The molecule has 1 aromatic heterocycles. The van der Waals surface area contributed by atoms with E-state index in [4.69, 9.17) is 4.74 Å². The molecule has 0 spiro atoms. The second-order valence-corrected chi connectivity index (χ2v) is 6.47. The molecule has 0 aliphatic heterocycles. The van der Waals surface area contributed by atoms with Gasteiger partial charge in [-0.15, -0.1) is 13.2 Å². The molecule has 0 N–H and O–H groups in total. The van der Waals surface area contributed by atoms with Gasteiger partial charge < -0.3 is 9.47 Å². The topological polar surface area (TPSA) is 22.3 Å². The SMILES string of the molecule is COc1cc(-c2ccc(OC(F)(F)F)cc2)cc2c3ccccc3c[n+](C)c12. The number of pyridine rings is 1. The molecule has 0 saturated carbocycles. The van der Waals surface area contributed by atoms with Crippen LogP contribution in [0.3, 0.4) is 0 Å². The predicted octanol–water partition coefficient (Wildman–Crippen LogP) is 5.39. The molecule has 0 bridgehead atoms. The van der Waals surface area contributed by atoms with Crippen molar-refractivity contribution in [3.05, 3.63) is 66.9 Å². The lowest BCUT2D eigenvalue weighted by atomic mass is 9.99. The van der Waals surface area contributed by atoms with Crippen molar-refractivity contribution < 1.29 is 27.2 Å². The molecule has 0 aliphatic carbocycles. The van der Waals surface area contributed by atoms with Crippen LogP contribution in [0, 0.1) is 0 Å². The number of halogens is 3. The third-order valence-corrected chi connectivity index (χ3v) is 4.65. The lowest BCUT2D eigenvalue weighted by molar-refractivity contribution is -0.643. The molecule has 0 saturated heterocycles. The molecule has 0 fully saturated rings. The van der Waals surface area contributed by atoms with Gasteiger partial charge in [-0.25, -0.2) is 0 Å². The molecule has 0 aliphatic rings. The second-order valence-electron chi connectivity index (χ2n) is 6.47. The Labute approximate surface area is 159 Å². The summed E-state index contributed by atoms with van der Waals surface area (Å²) in [6.45, 7) is 0. The highest BCUT2D eigenvalue weighted by molar-refractivity contribution is 6.07. The van der Waals surface area contributed by atoms with Crippen LogP contribution in [0.15, 0.2) is 66.9 Å². The second kappa shape index (κ2) is 6.71. The molecule has 4 rings (SSSR count). The van der Waals surface area contributed by atoms with Crippen molar-refractivity contribution in [3.8, 4) is 22.6 Å². The van der Waals surface area contributed by atoms with Gasteiger partial charge in [0.2, 0.25) is 0 Å². The van der Waals surface area contributed by atoms with Crippen molar-refractivity contribution in [2.75, 3.05) is 7.11 Å². The minimum Gasteiger partial charge on any atom is -0.490 e. The monoisotopic (exact) mass is 384 g/mol.